The fraction of sp³-hybridized carbons (Fsp3) is 0.462. The van der Waals surface area contributed by atoms with Gasteiger partial charge in [-0.15, -0.1) is 0 Å². The topological polar surface area (TPSA) is 46.5 Å². The van der Waals surface area contributed by atoms with Crippen LogP contribution in [0.1, 0.15) is 25.3 Å². The smallest absolute Gasteiger partial charge is 0.314 e. The number of rotatable bonds is 4. The SMILES string of the molecule is COc1ccc(C(C)(C(=O)O)C2CC2)cc1F. The van der Waals surface area contributed by atoms with Gasteiger partial charge in [0.15, 0.2) is 11.6 Å². The second kappa shape index (κ2) is 4.02. The van der Waals surface area contributed by atoms with Gasteiger partial charge in [0.05, 0.1) is 12.5 Å². The Morgan fingerprint density at radius 1 is 1.53 bits per heavy atom. The third-order valence-electron chi connectivity index (χ3n) is 3.59. The Balaban J connectivity index is 2.44. The molecule has 0 spiro atoms. The molecule has 0 amide bonds. The molecule has 1 aromatic carbocycles. The standard InChI is InChI=1S/C13H15FO3/c1-13(12(15)16,8-3-4-8)9-5-6-11(17-2)10(14)7-9/h5-8H,3-4H2,1-2H3,(H,15,16). The molecular formula is C13H15FO3. The van der Waals surface area contributed by atoms with Crippen molar-refractivity contribution < 1.29 is 19.0 Å². The maximum atomic E-state index is 13.6. The highest BCUT2D eigenvalue weighted by atomic mass is 19.1. The van der Waals surface area contributed by atoms with Crippen molar-refractivity contribution in [2.45, 2.75) is 25.2 Å². The lowest BCUT2D eigenvalue weighted by molar-refractivity contribution is -0.144. The molecule has 1 aromatic rings. The number of carboxylic acid groups (broad SMARTS) is 1. The molecule has 1 unspecified atom stereocenters. The Labute approximate surface area is 99.2 Å². The quantitative estimate of drug-likeness (QED) is 0.877. The van der Waals surface area contributed by atoms with Gasteiger partial charge in [-0.2, -0.15) is 0 Å². The summed E-state index contributed by atoms with van der Waals surface area (Å²) in [6.45, 7) is 1.66. The van der Waals surface area contributed by atoms with E-state index in [9.17, 15) is 14.3 Å². The van der Waals surface area contributed by atoms with Crippen LogP contribution in [0.2, 0.25) is 0 Å². The molecule has 1 saturated carbocycles. The number of ether oxygens (including phenoxy) is 1. The van der Waals surface area contributed by atoms with Crippen LogP contribution in [0, 0.1) is 11.7 Å². The lowest BCUT2D eigenvalue weighted by Gasteiger charge is -2.25. The third kappa shape index (κ3) is 1.88. The lowest BCUT2D eigenvalue weighted by atomic mass is 9.78. The van der Waals surface area contributed by atoms with Crippen molar-refractivity contribution >= 4 is 5.97 Å². The minimum Gasteiger partial charge on any atom is -0.494 e. The van der Waals surface area contributed by atoms with Crippen LogP contribution in [0.25, 0.3) is 0 Å². The summed E-state index contributed by atoms with van der Waals surface area (Å²) in [4.78, 5) is 11.4. The van der Waals surface area contributed by atoms with Gasteiger partial charge in [0.25, 0.3) is 0 Å². The van der Waals surface area contributed by atoms with Crippen molar-refractivity contribution in [2.75, 3.05) is 7.11 Å². The lowest BCUT2D eigenvalue weighted by Crippen LogP contribution is -2.34. The summed E-state index contributed by atoms with van der Waals surface area (Å²) in [6, 6.07) is 4.38. The zero-order valence-corrected chi connectivity index (χ0v) is 9.87. The van der Waals surface area contributed by atoms with E-state index >= 15 is 0 Å². The first-order valence-electron chi connectivity index (χ1n) is 5.57. The van der Waals surface area contributed by atoms with E-state index in [0.717, 1.165) is 12.8 Å². The zero-order valence-electron chi connectivity index (χ0n) is 9.87. The van der Waals surface area contributed by atoms with Gasteiger partial charge in [-0.1, -0.05) is 6.07 Å². The van der Waals surface area contributed by atoms with Crippen LogP contribution < -0.4 is 4.74 Å². The number of carboxylic acids is 1. The van der Waals surface area contributed by atoms with Gasteiger partial charge >= 0.3 is 5.97 Å². The molecule has 0 saturated heterocycles. The van der Waals surface area contributed by atoms with Crippen molar-refractivity contribution in [1.82, 2.24) is 0 Å². The van der Waals surface area contributed by atoms with Gasteiger partial charge in [-0.05, 0) is 43.4 Å². The minimum absolute atomic E-state index is 0.104. The first-order valence-corrected chi connectivity index (χ1v) is 5.57. The van der Waals surface area contributed by atoms with Crippen LogP contribution in [-0.2, 0) is 10.2 Å². The highest BCUT2D eigenvalue weighted by molar-refractivity contribution is 5.82. The van der Waals surface area contributed by atoms with Crippen molar-refractivity contribution in [3.8, 4) is 5.75 Å². The molecule has 4 heteroatoms. The first-order chi connectivity index (χ1) is 8.00. The van der Waals surface area contributed by atoms with Crippen molar-refractivity contribution in [3.05, 3.63) is 29.6 Å². The fourth-order valence-corrected chi connectivity index (χ4v) is 2.18. The predicted molar refractivity (Wildman–Crippen MR) is 60.7 cm³/mol. The number of hydrogen-bond acceptors (Lipinski definition) is 2. The van der Waals surface area contributed by atoms with Crippen LogP contribution in [-0.4, -0.2) is 18.2 Å². The molecule has 2 rings (SSSR count). The van der Waals surface area contributed by atoms with E-state index in [1.54, 1.807) is 13.0 Å². The first kappa shape index (κ1) is 11.9. The number of aliphatic carboxylic acids is 1. The average Bonchev–Trinajstić information content (AvgIpc) is 3.11. The molecule has 1 aliphatic rings. The van der Waals surface area contributed by atoms with E-state index < -0.39 is 17.2 Å². The number of benzene rings is 1. The largest absolute Gasteiger partial charge is 0.494 e. The highest BCUT2D eigenvalue weighted by Gasteiger charge is 2.48. The van der Waals surface area contributed by atoms with Crippen molar-refractivity contribution in [3.63, 3.8) is 0 Å². The summed E-state index contributed by atoms with van der Waals surface area (Å²) >= 11 is 0. The molecule has 0 aromatic heterocycles. The van der Waals surface area contributed by atoms with Crippen molar-refractivity contribution in [1.29, 1.82) is 0 Å². The summed E-state index contributed by atoms with van der Waals surface area (Å²) in [5.74, 6) is -1.17. The second-order valence-corrected chi connectivity index (χ2v) is 4.63. The van der Waals surface area contributed by atoms with Gasteiger partial charge < -0.3 is 9.84 Å². The summed E-state index contributed by atoms with van der Waals surface area (Å²) in [7, 11) is 1.38. The minimum atomic E-state index is -0.993. The van der Waals surface area contributed by atoms with Crippen LogP contribution in [0.5, 0.6) is 5.75 Å². The molecule has 3 nitrogen and oxygen atoms in total. The second-order valence-electron chi connectivity index (χ2n) is 4.63. The Hall–Kier alpha value is -1.58. The van der Waals surface area contributed by atoms with Crippen LogP contribution in [0.15, 0.2) is 18.2 Å². The van der Waals surface area contributed by atoms with Crippen LogP contribution in [0.4, 0.5) is 4.39 Å². The number of methoxy groups -OCH3 is 1. The molecule has 0 bridgehead atoms. The predicted octanol–water partition coefficient (Wildman–Crippen LogP) is 2.59. The molecule has 0 aliphatic heterocycles. The van der Waals surface area contributed by atoms with E-state index in [4.69, 9.17) is 4.74 Å². The maximum absolute atomic E-state index is 13.6. The van der Waals surface area contributed by atoms with Crippen LogP contribution in [0.3, 0.4) is 0 Å². The molecule has 92 valence electrons. The van der Waals surface area contributed by atoms with E-state index in [2.05, 4.69) is 0 Å². The molecule has 1 fully saturated rings. The average molecular weight is 238 g/mol. The Kier molecular flexibility index (Phi) is 2.81. The van der Waals surface area contributed by atoms with Gasteiger partial charge in [0.2, 0.25) is 0 Å². The summed E-state index contributed by atoms with van der Waals surface area (Å²) in [5, 5.41) is 9.36. The Morgan fingerprint density at radius 3 is 2.59 bits per heavy atom. The summed E-state index contributed by atoms with van der Waals surface area (Å²) in [6.07, 6.45) is 1.77. The van der Waals surface area contributed by atoms with E-state index in [0.29, 0.717) is 5.56 Å². The summed E-state index contributed by atoms with van der Waals surface area (Å²) in [5.41, 5.74) is -0.488. The van der Waals surface area contributed by atoms with Gasteiger partial charge in [-0.25, -0.2) is 4.39 Å². The molecule has 0 radical (unpaired) electrons. The Morgan fingerprint density at radius 2 is 2.18 bits per heavy atom. The highest BCUT2D eigenvalue weighted by Crippen LogP contribution is 2.47. The normalized spacial score (nSPS) is 18.5. The molecular weight excluding hydrogens is 223 g/mol. The zero-order chi connectivity index (χ0) is 12.6. The molecule has 17 heavy (non-hydrogen) atoms. The van der Waals surface area contributed by atoms with E-state index in [-0.39, 0.29) is 11.7 Å². The number of halogens is 1. The van der Waals surface area contributed by atoms with Crippen LogP contribution >= 0.6 is 0 Å². The maximum Gasteiger partial charge on any atom is 0.314 e. The van der Waals surface area contributed by atoms with E-state index in [1.165, 1.54) is 19.2 Å². The Bertz CT molecular complexity index is 454. The molecule has 1 N–H and O–H groups in total. The monoisotopic (exact) mass is 238 g/mol. The molecule has 1 atom stereocenters. The molecule has 0 heterocycles. The van der Waals surface area contributed by atoms with E-state index in [1.807, 2.05) is 0 Å². The van der Waals surface area contributed by atoms with Crippen molar-refractivity contribution in [2.24, 2.45) is 5.92 Å². The number of hydrogen-bond donors (Lipinski definition) is 1. The summed E-state index contributed by atoms with van der Waals surface area (Å²) < 4.78 is 18.4. The number of carbonyl (C=O) groups is 1. The van der Waals surface area contributed by atoms with Gasteiger partial charge in [0.1, 0.15) is 0 Å². The fourth-order valence-electron chi connectivity index (χ4n) is 2.18. The molecule has 1 aliphatic carbocycles. The van der Waals surface area contributed by atoms with Gasteiger partial charge in [-0.3, -0.25) is 4.79 Å². The third-order valence-corrected chi connectivity index (χ3v) is 3.59. The van der Waals surface area contributed by atoms with Gasteiger partial charge in [0, 0.05) is 0 Å².